The molecule has 6 nitrogen and oxygen atoms in total. The summed E-state index contributed by atoms with van der Waals surface area (Å²) in [7, 11) is 1.36. The summed E-state index contributed by atoms with van der Waals surface area (Å²) in [6.45, 7) is 6.96. The summed E-state index contributed by atoms with van der Waals surface area (Å²) in [5, 5.41) is 0. The fourth-order valence-electron chi connectivity index (χ4n) is 1.43. The van der Waals surface area contributed by atoms with Gasteiger partial charge in [-0.1, -0.05) is 0 Å². The van der Waals surface area contributed by atoms with Crippen LogP contribution in [-0.4, -0.2) is 42.7 Å². The van der Waals surface area contributed by atoms with Gasteiger partial charge >= 0.3 is 5.97 Å². The molecule has 18 heavy (non-hydrogen) atoms. The van der Waals surface area contributed by atoms with Crippen molar-refractivity contribution in [1.82, 2.24) is 9.97 Å². The Kier molecular flexibility index (Phi) is 5.35. The standard InChI is InChI=1S/C12H19N3O3/c1-5-15(8-11(16)17-4)12-13-9(3)7-10(14-12)18-6-2/h7H,5-6,8H2,1-4H3. The molecule has 0 amide bonds. The van der Waals surface area contributed by atoms with E-state index >= 15 is 0 Å². The van der Waals surface area contributed by atoms with Crippen LogP contribution in [0, 0.1) is 6.92 Å². The van der Waals surface area contributed by atoms with Crippen molar-refractivity contribution in [1.29, 1.82) is 0 Å². The number of anilines is 1. The summed E-state index contributed by atoms with van der Waals surface area (Å²) in [6, 6.07) is 1.76. The average Bonchev–Trinajstić information content (AvgIpc) is 2.35. The predicted molar refractivity (Wildman–Crippen MR) is 67.8 cm³/mol. The van der Waals surface area contributed by atoms with E-state index < -0.39 is 0 Å². The summed E-state index contributed by atoms with van der Waals surface area (Å²) in [5.41, 5.74) is 0.798. The molecular formula is C12H19N3O3. The predicted octanol–water partition coefficient (Wildman–Crippen LogP) is 1.18. The molecule has 0 saturated carbocycles. The molecular weight excluding hydrogens is 234 g/mol. The highest BCUT2D eigenvalue weighted by Crippen LogP contribution is 2.15. The largest absolute Gasteiger partial charge is 0.478 e. The van der Waals surface area contributed by atoms with Crippen LogP contribution in [0.4, 0.5) is 5.95 Å². The number of carbonyl (C=O) groups excluding carboxylic acids is 1. The summed E-state index contributed by atoms with van der Waals surface area (Å²) in [5.74, 6) is 0.676. The number of nitrogens with zero attached hydrogens (tertiary/aromatic N) is 3. The highest BCUT2D eigenvalue weighted by Gasteiger charge is 2.14. The minimum atomic E-state index is -0.320. The van der Waals surface area contributed by atoms with Gasteiger partial charge in [0.2, 0.25) is 11.8 Å². The summed E-state index contributed by atoms with van der Waals surface area (Å²) in [4.78, 5) is 21.6. The highest BCUT2D eigenvalue weighted by molar-refractivity contribution is 5.74. The van der Waals surface area contributed by atoms with Crippen LogP contribution < -0.4 is 9.64 Å². The Hall–Kier alpha value is -1.85. The molecule has 0 aliphatic carbocycles. The third kappa shape index (κ3) is 3.87. The number of methoxy groups -OCH3 is 1. The van der Waals surface area contributed by atoms with Gasteiger partial charge in [0, 0.05) is 18.3 Å². The van der Waals surface area contributed by atoms with E-state index in [2.05, 4.69) is 14.7 Å². The van der Waals surface area contributed by atoms with Crippen LogP contribution in [0.2, 0.25) is 0 Å². The molecule has 0 unspecified atom stereocenters. The lowest BCUT2D eigenvalue weighted by atomic mass is 10.4. The Bertz CT molecular complexity index is 410. The van der Waals surface area contributed by atoms with Gasteiger partial charge in [0.15, 0.2) is 0 Å². The van der Waals surface area contributed by atoms with Crippen LogP contribution in [0.25, 0.3) is 0 Å². The fourth-order valence-corrected chi connectivity index (χ4v) is 1.43. The van der Waals surface area contributed by atoms with Crippen LogP contribution in [0.3, 0.4) is 0 Å². The maximum atomic E-state index is 11.3. The quantitative estimate of drug-likeness (QED) is 0.709. The van der Waals surface area contributed by atoms with Crippen LogP contribution >= 0.6 is 0 Å². The number of rotatable bonds is 6. The van der Waals surface area contributed by atoms with E-state index in [1.54, 1.807) is 11.0 Å². The molecule has 1 heterocycles. The highest BCUT2D eigenvalue weighted by atomic mass is 16.5. The number of hydrogen-bond donors (Lipinski definition) is 0. The third-order valence-electron chi connectivity index (χ3n) is 2.32. The van der Waals surface area contributed by atoms with Gasteiger partial charge in [0.25, 0.3) is 0 Å². The molecule has 0 aliphatic rings. The molecule has 0 aromatic carbocycles. The van der Waals surface area contributed by atoms with Crippen molar-refractivity contribution in [3.05, 3.63) is 11.8 Å². The zero-order valence-electron chi connectivity index (χ0n) is 11.3. The van der Waals surface area contributed by atoms with Crippen molar-refractivity contribution in [3.8, 4) is 5.88 Å². The molecule has 0 saturated heterocycles. The first-order valence-corrected chi connectivity index (χ1v) is 5.90. The van der Waals surface area contributed by atoms with E-state index in [9.17, 15) is 4.79 Å². The Balaban J connectivity index is 2.93. The summed E-state index contributed by atoms with van der Waals surface area (Å²) < 4.78 is 10.0. The maximum Gasteiger partial charge on any atom is 0.325 e. The second kappa shape index (κ2) is 6.78. The normalized spacial score (nSPS) is 10.0. The van der Waals surface area contributed by atoms with Crippen LogP contribution in [-0.2, 0) is 9.53 Å². The van der Waals surface area contributed by atoms with Gasteiger partial charge in [-0.05, 0) is 20.8 Å². The molecule has 100 valence electrons. The zero-order valence-corrected chi connectivity index (χ0v) is 11.3. The topological polar surface area (TPSA) is 64.5 Å². The summed E-state index contributed by atoms with van der Waals surface area (Å²) in [6.07, 6.45) is 0. The monoisotopic (exact) mass is 253 g/mol. The first-order valence-electron chi connectivity index (χ1n) is 5.90. The molecule has 0 aliphatic heterocycles. The van der Waals surface area contributed by atoms with E-state index in [0.717, 1.165) is 5.69 Å². The number of aryl methyl sites for hydroxylation is 1. The van der Waals surface area contributed by atoms with Gasteiger partial charge in [-0.25, -0.2) is 4.98 Å². The van der Waals surface area contributed by atoms with Crippen molar-refractivity contribution in [2.24, 2.45) is 0 Å². The molecule has 0 bridgehead atoms. The lowest BCUT2D eigenvalue weighted by Crippen LogP contribution is -2.32. The van der Waals surface area contributed by atoms with Crippen molar-refractivity contribution < 1.29 is 14.3 Å². The molecule has 1 aromatic rings. The summed E-state index contributed by atoms with van der Waals surface area (Å²) >= 11 is 0. The van der Waals surface area contributed by atoms with Crippen molar-refractivity contribution in [2.45, 2.75) is 20.8 Å². The van der Waals surface area contributed by atoms with Gasteiger partial charge in [0.1, 0.15) is 6.54 Å². The molecule has 0 N–H and O–H groups in total. The van der Waals surface area contributed by atoms with Crippen molar-refractivity contribution in [3.63, 3.8) is 0 Å². The van der Waals surface area contributed by atoms with Gasteiger partial charge in [0.05, 0.1) is 13.7 Å². The van der Waals surface area contributed by atoms with Gasteiger partial charge in [-0.15, -0.1) is 0 Å². The van der Waals surface area contributed by atoms with E-state index in [0.29, 0.717) is 25.0 Å². The molecule has 6 heteroatoms. The van der Waals surface area contributed by atoms with Crippen molar-refractivity contribution >= 4 is 11.9 Å². The van der Waals surface area contributed by atoms with E-state index in [-0.39, 0.29) is 12.5 Å². The van der Waals surface area contributed by atoms with E-state index in [1.807, 2.05) is 20.8 Å². The molecule has 1 rings (SSSR count). The fraction of sp³-hybridized carbons (Fsp3) is 0.583. The maximum absolute atomic E-state index is 11.3. The molecule has 0 atom stereocenters. The zero-order chi connectivity index (χ0) is 13.5. The smallest absolute Gasteiger partial charge is 0.325 e. The average molecular weight is 253 g/mol. The lowest BCUT2D eigenvalue weighted by molar-refractivity contribution is -0.138. The lowest BCUT2D eigenvalue weighted by Gasteiger charge is -2.20. The second-order valence-electron chi connectivity index (χ2n) is 3.67. The Morgan fingerprint density at radius 3 is 2.67 bits per heavy atom. The van der Waals surface area contributed by atoms with Gasteiger partial charge in [-0.2, -0.15) is 4.98 Å². The van der Waals surface area contributed by atoms with Crippen LogP contribution in [0.15, 0.2) is 6.07 Å². The number of ether oxygens (including phenoxy) is 2. The second-order valence-corrected chi connectivity index (χ2v) is 3.67. The van der Waals surface area contributed by atoms with Gasteiger partial charge in [-0.3, -0.25) is 4.79 Å². The minimum Gasteiger partial charge on any atom is -0.478 e. The first-order chi connectivity index (χ1) is 8.60. The number of hydrogen-bond acceptors (Lipinski definition) is 6. The Morgan fingerprint density at radius 1 is 1.39 bits per heavy atom. The number of esters is 1. The Labute approximate surface area is 107 Å². The third-order valence-corrected chi connectivity index (χ3v) is 2.32. The van der Waals surface area contributed by atoms with Crippen molar-refractivity contribution in [2.75, 3.05) is 31.7 Å². The number of carbonyl (C=O) groups is 1. The van der Waals surface area contributed by atoms with E-state index in [1.165, 1.54) is 7.11 Å². The van der Waals surface area contributed by atoms with Crippen LogP contribution in [0.1, 0.15) is 19.5 Å². The number of likely N-dealkylation sites (N-methyl/N-ethyl adjacent to an activating group) is 1. The first kappa shape index (κ1) is 14.2. The SMILES string of the molecule is CCOc1cc(C)nc(N(CC)CC(=O)OC)n1. The Morgan fingerprint density at radius 2 is 2.11 bits per heavy atom. The molecule has 0 radical (unpaired) electrons. The van der Waals surface area contributed by atoms with E-state index in [4.69, 9.17) is 4.74 Å². The molecule has 0 fully saturated rings. The number of aromatic nitrogens is 2. The molecule has 0 spiro atoms. The molecule has 1 aromatic heterocycles. The van der Waals surface area contributed by atoms with Gasteiger partial charge < -0.3 is 14.4 Å². The minimum absolute atomic E-state index is 0.127. The van der Waals surface area contributed by atoms with Crippen LogP contribution in [0.5, 0.6) is 5.88 Å².